The second-order valence-electron chi connectivity index (χ2n) is 8.90. The Hall–Kier alpha value is -0.890. The molecule has 7 atom stereocenters. The van der Waals surface area contributed by atoms with E-state index in [-0.39, 0.29) is 22.7 Å². The van der Waals surface area contributed by atoms with E-state index < -0.39 is 0 Å². The first-order chi connectivity index (χ1) is 10.9. The first-order valence-electron chi connectivity index (χ1n) is 9.53. The highest BCUT2D eigenvalue weighted by molar-refractivity contribution is 6.01. The molecule has 0 aromatic carbocycles. The van der Waals surface area contributed by atoms with Crippen LogP contribution >= 0.6 is 0 Å². The van der Waals surface area contributed by atoms with Crippen molar-refractivity contribution in [2.75, 3.05) is 0 Å². The van der Waals surface area contributed by atoms with Crippen molar-refractivity contribution in [1.29, 1.82) is 0 Å². The van der Waals surface area contributed by atoms with Gasteiger partial charge in [-0.1, -0.05) is 38.8 Å². The third kappa shape index (κ3) is 1.94. The van der Waals surface area contributed by atoms with Crippen molar-refractivity contribution in [3.63, 3.8) is 0 Å². The molecule has 0 saturated heterocycles. The van der Waals surface area contributed by atoms with Gasteiger partial charge in [0.1, 0.15) is 0 Å². The maximum Gasteiger partial charge on any atom is 0.178 e. The minimum atomic E-state index is -0.191. The van der Waals surface area contributed by atoms with Gasteiger partial charge in [-0.15, -0.1) is 0 Å². The smallest absolute Gasteiger partial charge is 0.178 e. The zero-order valence-electron chi connectivity index (χ0n) is 14.7. The number of fused-ring (bicyclic) bond motifs is 5. The van der Waals surface area contributed by atoms with Gasteiger partial charge in [0, 0.05) is 5.41 Å². The Bertz CT molecular complexity index is 589. The summed E-state index contributed by atoms with van der Waals surface area (Å²) >= 11 is 0. The summed E-state index contributed by atoms with van der Waals surface area (Å²) in [5, 5.41) is 11.1. The summed E-state index contributed by atoms with van der Waals surface area (Å²) in [6, 6.07) is 0. The van der Waals surface area contributed by atoms with Crippen LogP contribution in [-0.2, 0) is 4.79 Å². The molecule has 4 aliphatic carbocycles. The third-order valence-corrected chi connectivity index (χ3v) is 8.35. The van der Waals surface area contributed by atoms with E-state index in [1.165, 1.54) is 31.3 Å². The van der Waals surface area contributed by atoms with Crippen molar-refractivity contribution in [2.24, 2.45) is 34.5 Å². The molecule has 1 unspecified atom stereocenters. The molecule has 23 heavy (non-hydrogen) atoms. The number of carbonyl (C=O) groups is 1. The zero-order chi connectivity index (χ0) is 16.4. The Morgan fingerprint density at radius 2 is 2.00 bits per heavy atom. The van der Waals surface area contributed by atoms with Crippen LogP contribution in [0.1, 0.15) is 59.3 Å². The summed E-state index contributed by atoms with van der Waals surface area (Å²) in [6.45, 7) is 6.96. The summed E-state index contributed by atoms with van der Waals surface area (Å²) in [5.74, 6) is 2.68. The van der Waals surface area contributed by atoms with Gasteiger partial charge in [-0.05, 0) is 73.3 Å². The van der Waals surface area contributed by atoms with E-state index in [1.54, 1.807) is 6.08 Å². The maximum absolute atomic E-state index is 11.8. The predicted molar refractivity (Wildman–Crippen MR) is 91.8 cm³/mol. The Kier molecular flexibility index (Phi) is 3.43. The lowest BCUT2D eigenvalue weighted by Crippen LogP contribution is -2.55. The van der Waals surface area contributed by atoms with Crippen LogP contribution in [0.4, 0.5) is 0 Å². The molecule has 0 aliphatic heterocycles. The standard InChI is InChI=1S/C21H30O2/c1-4-13-6-8-17-16-7-5-14-11-15(22)9-10-20(14,2)18(16)12-19(23)21(13,17)3/h9-11,13,16-19,23H,4-8,12H2,1-3H3/t13-,16-,17-,18-,19?,20-,21+/m0/s1. The average molecular weight is 314 g/mol. The predicted octanol–water partition coefficient (Wildman–Crippen LogP) is 4.29. The average Bonchev–Trinajstić information content (AvgIpc) is 2.87. The lowest BCUT2D eigenvalue weighted by Gasteiger charge is -2.58. The summed E-state index contributed by atoms with van der Waals surface area (Å²) in [5.41, 5.74) is 1.41. The number of rotatable bonds is 1. The van der Waals surface area contributed by atoms with Crippen molar-refractivity contribution in [1.82, 2.24) is 0 Å². The van der Waals surface area contributed by atoms with Crippen LogP contribution in [0.15, 0.2) is 23.8 Å². The summed E-state index contributed by atoms with van der Waals surface area (Å²) in [4.78, 5) is 11.8. The molecular formula is C21H30O2. The van der Waals surface area contributed by atoms with Crippen LogP contribution in [-0.4, -0.2) is 17.0 Å². The Balaban J connectivity index is 1.72. The van der Waals surface area contributed by atoms with Crippen LogP contribution in [0, 0.1) is 34.5 Å². The molecule has 2 heteroatoms. The number of allylic oxidation sites excluding steroid dienone is 4. The lowest BCUT2D eigenvalue weighted by molar-refractivity contribution is -0.125. The van der Waals surface area contributed by atoms with Crippen LogP contribution in [0.3, 0.4) is 0 Å². The molecular weight excluding hydrogens is 284 g/mol. The molecule has 4 rings (SSSR count). The fraction of sp³-hybridized carbons (Fsp3) is 0.762. The van der Waals surface area contributed by atoms with Crippen LogP contribution in [0.5, 0.6) is 0 Å². The van der Waals surface area contributed by atoms with Gasteiger partial charge in [0.15, 0.2) is 5.78 Å². The summed E-state index contributed by atoms with van der Waals surface area (Å²) in [6.07, 6.45) is 12.5. The number of aliphatic hydroxyl groups is 1. The molecule has 126 valence electrons. The minimum Gasteiger partial charge on any atom is -0.393 e. The second kappa shape index (κ2) is 5.05. The van der Waals surface area contributed by atoms with Gasteiger partial charge in [0.2, 0.25) is 0 Å². The van der Waals surface area contributed by atoms with Crippen LogP contribution in [0.25, 0.3) is 0 Å². The van der Waals surface area contributed by atoms with Gasteiger partial charge in [-0.2, -0.15) is 0 Å². The monoisotopic (exact) mass is 314 g/mol. The number of aliphatic hydroxyl groups excluding tert-OH is 1. The first kappa shape index (κ1) is 15.6. The van der Waals surface area contributed by atoms with Crippen molar-refractivity contribution < 1.29 is 9.90 Å². The van der Waals surface area contributed by atoms with E-state index in [4.69, 9.17) is 0 Å². The highest BCUT2D eigenvalue weighted by Gasteiger charge is 2.61. The molecule has 3 saturated carbocycles. The summed E-state index contributed by atoms with van der Waals surface area (Å²) < 4.78 is 0. The largest absolute Gasteiger partial charge is 0.393 e. The molecule has 0 bridgehead atoms. The third-order valence-electron chi connectivity index (χ3n) is 8.35. The van der Waals surface area contributed by atoms with Gasteiger partial charge in [-0.25, -0.2) is 0 Å². The lowest BCUT2D eigenvalue weighted by atomic mass is 9.47. The van der Waals surface area contributed by atoms with E-state index in [1.807, 2.05) is 6.08 Å². The van der Waals surface area contributed by atoms with Crippen molar-refractivity contribution in [3.05, 3.63) is 23.8 Å². The van der Waals surface area contributed by atoms with Gasteiger partial charge in [0.05, 0.1) is 6.10 Å². The zero-order valence-corrected chi connectivity index (χ0v) is 14.7. The minimum absolute atomic E-state index is 0.0105. The SMILES string of the molecule is CC[C@H]1CC[C@H]2[C@@H]3CCC4=CC(=O)C=C[C@]4(C)[C@H]3CC(O)[C@]12C. The van der Waals surface area contributed by atoms with E-state index in [9.17, 15) is 9.90 Å². The van der Waals surface area contributed by atoms with E-state index in [2.05, 4.69) is 26.8 Å². The Labute approximate surface area is 140 Å². The normalized spacial score (nSPS) is 51.7. The van der Waals surface area contributed by atoms with E-state index in [0.717, 1.165) is 12.8 Å². The van der Waals surface area contributed by atoms with Gasteiger partial charge >= 0.3 is 0 Å². The molecule has 1 N–H and O–H groups in total. The van der Waals surface area contributed by atoms with Gasteiger partial charge < -0.3 is 5.11 Å². The number of carbonyl (C=O) groups excluding carboxylic acids is 1. The highest BCUT2D eigenvalue weighted by atomic mass is 16.3. The van der Waals surface area contributed by atoms with Crippen molar-refractivity contribution >= 4 is 5.78 Å². The molecule has 0 heterocycles. The Morgan fingerprint density at radius 1 is 1.22 bits per heavy atom. The van der Waals surface area contributed by atoms with E-state index in [0.29, 0.717) is 23.7 Å². The fourth-order valence-electron chi connectivity index (χ4n) is 6.95. The number of ketones is 1. The molecule has 0 aromatic heterocycles. The number of hydrogen-bond acceptors (Lipinski definition) is 2. The van der Waals surface area contributed by atoms with Crippen LogP contribution < -0.4 is 0 Å². The molecule has 0 radical (unpaired) electrons. The van der Waals surface area contributed by atoms with Gasteiger partial charge in [-0.3, -0.25) is 4.79 Å². The fourth-order valence-corrected chi connectivity index (χ4v) is 6.95. The van der Waals surface area contributed by atoms with Gasteiger partial charge in [0.25, 0.3) is 0 Å². The number of hydrogen-bond donors (Lipinski definition) is 1. The highest BCUT2D eigenvalue weighted by Crippen LogP contribution is 2.66. The molecule has 0 spiro atoms. The Morgan fingerprint density at radius 3 is 2.74 bits per heavy atom. The molecule has 0 amide bonds. The van der Waals surface area contributed by atoms with Crippen molar-refractivity contribution in [3.8, 4) is 0 Å². The first-order valence-corrected chi connectivity index (χ1v) is 9.53. The topological polar surface area (TPSA) is 37.3 Å². The molecule has 2 nitrogen and oxygen atoms in total. The molecule has 3 fully saturated rings. The second-order valence-corrected chi connectivity index (χ2v) is 8.90. The van der Waals surface area contributed by atoms with E-state index >= 15 is 0 Å². The summed E-state index contributed by atoms with van der Waals surface area (Å²) in [7, 11) is 0. The van der Waals surface area contributed by atoms with Crippen LogP contribution in [0.2, 0.25) is 0 Å². The van der Waals surface area contributed by atoms with Crippen molar-refractivity contribution in [2.45, 2.75) is 65.4 Å². The quantitative estimate of drug-likeness (QED) is 0.784. The maximum atomic E-state index is 11.8. The molecule has 0 aromatic rings. The molecule has 4 aliphatic rings.